The van der Waals surface area contributed by atoms with Crippen LogP contribution in [0.15, 0.2) is 18.2 Å². The van der Waals surface area contributed by atoms with E-state index in [0.29, 0.717) is 11.4 Å². The van der Waals surface area contributed by atoms with E-state index >= 15 is 0 Å². The molecule has 72 valence electrons. The minimum atomic E-state index is -0.129. The Hall–Kier alpha value is 0.160. The van der Waals surface area contributed by atoms with E-state index in [2.05, 4.69) is 22.6 Å². The molecule has 1 atom stereocenters. The lowest BCUT2D eigenvalue weighted by molar-refractivity contribution is 0.276. The lowest BCUT2D eigenvalue weighted by Gasteiger charge is -2.12. The van der Waals surface area contributed by atoms with Crippen LogP contribution in [0.4, 0.5) is 0 Å². The molecule has 0 heterocycles. The van der Waals surface area contributed by atoms with Gasteiger partial charge < -0.3 is 10.8 Å². The third kappa shape index (κ3) is 3.09. The molecule has 13 heavy (non-hydrogen) atoms. The second kappa shape index (κ2) is 5.14. The van der Waals surface area contributed by atoms with Gasteiger partial charge in [0.15, 0.2) is 0 Å². The van der Waals surface area contributed by atoms with Crippen LogP contribution in [0, 0.1) is 3.57 Å². The number of benzene rings is 1. The highest BCUT2D eigenvalue weighted by Crippen LogP contribution is 2.24. The lowest BCUT2D eigenvalue weighted by Crippen LogP contribution is -2.13. The van der Waals surface area contributed by atoms with Crippen LogP contribution in [0.5, 0.6) is 0 Å². The summed E-state index contributed by atoms with van der Waals surface area (Å²) in [6.07, 6.45) is 0.566. The highest BCUT2D eigenvalue weighted by atomic mass is 127. The number of nitrogens with two attached hydrogens (primary N) is 1. The molecular weight excluding hydrogens is 300 g/mol. The number of hydrogen-bond acceptors (Lipinski definition) is 2. The van der Waals surface area contributed by atoms with Gasteiger partial charge in [-0.3, -0.25) is 0 Å². The molecule has 0 spiro atoms. The van der Waals surface area contributed by atoms with Crippen molar-refractivity contribution in [3.05, 3.63) is 32.4 Å². The second-order valence-electron chi connectivity index (χ2n) is 2.78. The molecule has 1 unspecified atom stereocenters. The molecule has 4 heteroatoms. The molecule has 1 rings (SSSR count). The zero-order valence-electron chi connectivity index (χ0n) is 7.00. The number of halogens is 2. The smallest absolute Gasteiger partial charge is 0.0449 e. The molecule has 0 aliphatic rings. The molecule has 1 aromatic carbocycles. The number of hydrogen-bond donors (Lipinski definition) is 2. The molecule has 0 bridgehead atoms. The van der Waals surface area contributed by atoms with E-state index in [0.717, 1.165) is 9.13 Å². The van der Waals surface area contributed by atoms with Crippen molar-refractivity contribution in [3.8, 4) is 0 Å². The summed E-state index contributed by atoms with van der Waals surface area (Å²) in [4.78, 5) is 0. The number of aliphatic hydroxyl groups is 1. The van der Waals surface area contributed by atoms with Crippen molar-refractivity contribution in [1.29, 1.82) is 0 Å². The maximum absolute atomic E-state index is 8.74. The Bertz CT molecular complexity index is 293. The van der Waals surface area contributed by atoms with Crippen LogP contribution >= 0.6 is 34.2 Å². The van der Waals surface area contributed by atoms with Gasteiger partial charge in [0.1, 0.15) is 0 Å². The first-order valence-corrected chi connectivity index (χ1v) is 5.42. The summed E-state index contributed by atoms with van der Waals surface area (Å²) in [6, 6.07) is 5.48. The van der Waals surface area contributed by atoms with Crippen LogP contribution in [0.3, 0.4) is 0 Å². The van der Waals surface area contributed by atoms with Crippen molar-refractivity contribution in [2.75, 3.05) is 6.61 Å². The van der Waals surface area contributed by atoms with Crippen molar-refractivity contribution in [2.24, 2.45) is 5.73 Å². The van der Waals surface area contributed by atoms with Crippen molar-refractivity contribution >= 4 is 34.2 Å². The molecule has 0 saturated carbocycles. The zero-order valence-corrected chi connectivity index (χ0v) is 9.92. The van der Waals surface area contributed by atoms with Crippen molar-refractivity contribution in [2.45, 2.75) is 12.5 Å². The summed E-state index contributed by atoms with van der Waals surface area (Å²) < 4.78 is 1.09. The van der Waals surface area contributed by atoms with Crippen molar-refractivity contribution in [1.82, 2.24) is 0 Å². The molecule has 0 fully saturated rings. The Morgan fingerprint density at radius 2 is 2.23 bits per heavy atom. The summed E-state index contributed by atoms with van der Waals surface area (Å²) in [6.45, 7) is 0.101. The molecule has 0 saturated heterocycles. The molecular formula is C9H11ClINO. The standard InChI is InChI=1S/C9H11ClINO/c10-6-1-2-8(11)7(5-6)9(12)3-4-13/h1-2,5,9,13H,3-4,12H2. The van der Waals surface area contributed by atoms with E-state index in [1.165, 1.54) is 0 Å². The SMILES string of the molecule is NC(CCO)c1cc(Cl)ccc1I. The van der Waals surface area contributed by atoms with E-state index in [-0.39, 0.29) is 12.6 Å². The first kappa shape index (κ1) is 11.2. The lowest BCUT2D eigenvalue weighted by atomic mass is 10.1. The van der Waals surface area contributed by atoms with Crippen LogP contribution < -0.4 is 5.73 Å². The summed E-state index contributed by atoms with van der Waals surface area (Å²) in [5.41, 5.74) is 6.85. The van der Waals surface area contributed by atoms with Crippen LogP contribution in [0.1, 0.15) is 18.0 Å². The quantitative estimate of drug-likeness (QED) is 0.842. The van der Waals surface area contributed by atoms with Crippen LogP contribution in [0.25, 0.3) is 0 Å². The topological polar surface area (TPSA) is 46.2 Å². The molecule has 0 aliphatic heterocycles. The Morgan fingerprint density at radius 1 is 1.54 bits per heavy atom. The fourth-order valence-corrected chi connectivity index (χ4v) is 2.01. The van der Waals surface area contributed by atoms with E-state index < -0.39 is 0 Å². The summed E-state index contributed by atoms with van der Waals surface area (Å²) in [5.74, 6) is 0. The molecule has 0 aromatic heterocycles. The largest absolute Gasteiger partial charge is 0.396 e. The first-order chi connectivity index (χ1) is 6.15. The van der Waals surface area contributed by atoms with E-state index in [1.54, 1.807) is 0 Å². The minimum Gasteiger partial charge on any atom is -0.396 e. The highest BCUT2D eigenvalue weighted by Gasteiger charge is 2.09. The third-order valence-corrected chi connectivity index (χ3v) is 3.02. The van der Waals surface area contributed by atoms with Gasteiger partial charge in [0, 0.05) is 21.2 Å². The van der Waals surface area contributed by atoms with Gasteiger partial charge in [-0.15, -0.1) is 0 Å². The number of rotatable bonds is 3. The Labute approximate surface area is 96.2 Å². The Kier molecular flexibility index (Phi) is 4.45. The average molecular weight is 312 g/mol. The first-order valence-electron chi connectivity index (χ1n) is 3.96. The summed E-state index contributed by atoms with van der Waals surface area (Å²) >= 11 is 8.05. The highest BCUT2D eigenvalue weighted by molar-refractivity contribution is 14.1. The number of aliphatic hydroxyl groups excluding tert-OH is 1. The monoisotopic (exact) mass is 311 g/mol. The van der Waals surface area contributed by atoms with Gasteiger partial charge in [-0.2, -0.15) is 0 Å². The Balaban J connectivity index is 2.91. The van der Waals surface area contributed by atoms with Crippen LogP contribution in [0.2, 0.25) is 5.02 Å². The molecule has 0 radical (unpaired) electrons. The molecule has 0 amide bonds. The normalized spacial score (nSPS) is 12.9. The van der Waals surface area contributed by atoms with Gasteiger partial charge in [-0.05, 0) is 52.8 Å². The summed E-state index contributed by atoms with van der Waals surface area (Å²) in [7, 11) is 0. The van der Waals surface area contributed by atoms with E-state index in [9.17, 15) is 0 Å². The van der Waals surface area contributed by atoms with E-state index in [1.807, 2.05) is 18.2 Å². The van der Waals surface area contributed by atoms with Gasteiger partial charge >= 0.3 is 0 Å². The van der Waals surface area contributed by atoms with Crippen LogP contribution in [-0.4, -0.2) is 11.7 Å². The minimum absolute atomic E-state index is 0.101. The van der Waals surface area contributed by atoms with Crippen molar-refractivity contribution < 1.29 is 5.11 Å². The molecule has 0 aliphatic carbocycles. The van der Waals surface area contributed by atoms with Gasteiger partial charge in [-0.25, -0.2) is 0 Å². The molecule has 1 aromatic rings. The molecule has 3 N–H and O–H groups in total. The third-order valence-electron chi connectivity index (χ3n) is 1.80. The second-order valence-corrected chi connectivity index (χ2v) is 4.38. The average Bonchev–Trinajstić information content (AvgIpc) is 2.09. The van der Waals surface area contributed by atoms with Gasteiger partial charge in [0.25, 0.3) is 0 Å². The predicted molar refractivity (Wildman–Crippen MR) is 62.8 cm³/mol. The van der Waals surface area contributed by atoms with Gasteiger partial charge in [0.05, 0.1) is 0 Å². The fraction of sp³-hybridized carbons (Fsp3) is 0.333. The zero-order chi connectivity index (χ0) is 9.84. The van der Waals surface area contributed by atoms with Gasteiger partial charge in [0.2, 0.25) is 0 Å². The predicted octanol–water partition coefficient (Wildman–Crippen LogP) is 2.33. The van der Waals surface area contributed by atoms with Gasteiger partial charge in [-0.1, -0.05) is 11.6 Å². The maximum Gasteiger partial charge on any atom is 0.0449 e. The van der Waals surface area contributed by atoms with E-state index in [4.69, 9.17) is 22.4 Å². The maximum atomic E-state index is 8.74. The molecule has 2 nitrogen and oxygen atoms in total. The summed E-state index contributed by atoms with van der Waals surface area (Å²) in [5, 5.41) is 9.43. The van der Waals surface area contributed by atoms with Crippen LogP contribution in [-0.2, 0) is 0 Å². The van der Waals surface area contributed by atoms with Crippen molar-refractivity contribution in [3.63, 3.8) is 0 Å². The fourth-order valence-electron chi connectivity index (χ4n) is 1.09. The Morgan fingerprint density at radius 3 is 2.85 bits per heavy atom.